The Morgan fingerprint density at radius 1 is 1.20 bits per heavy atom. The highest BCUT2D eigenvalue weighted by Gasteiger charge is 2.47. The van der Waals surface area contributed by atoms with Crippen molar-refractivity contribution in [2.75, 3.05) is 0 Å². The summed E-state index contributed by atoms with van der Waals surface area (Å²) in [5.41, 5.74) is 2.16. The summed E-state index contributed by atoms with van der Waals surface area (Å²) in [7, 11) is 0. The highest BCUT2D eigenvalue weighted by atomic mass is 14.5. The van der Waals surface area contributed by atoms with Gasteiger partial charge < -0.3 is 0 Å². The smallest absolute Gasteiger partial charge is 0.0167 e. The third-order valence-electron chi connectivity index (χ3n) is 4.93. The van der Waals surface area contributed by atoms with Crippen LogP contribution in [0.15, 0.2) is 12.2 Å². The van der Waals surface area contributed by atoms with E-state index in [1.165, 1.54) is 38.5 Å². The quantitative estimate of drug-likeness (QED) is 0.499. The van der Waals surface area contributed by atoms with Crippen LogP contribution in [0.5, 0.6) is 0 Å². The standard InChI is InChI=1S/C15H26/c1-11-6-5-7-12(2)13-10-15(3,4)14(13)9-8-11/h11,13-14H,2,5-10H2,1,3-4H3/t11-,13-,14-/m1/s1. The summed E-state index contributed by atoms with van der Waals surface area (Å²) >= 11 is 0. The number of hydrogen-bond acceptors (Lipinski definition) is 0. The first-order valence-corrected chi connectivity index (χ1v) is 6.68. The Kier molecular flexibility index (Phi) is 2.96. The Bertz CT molecular complexity index is 249. The van der Waals surface area contributed by atoms with Crippen molar-refractivity contribution in [2.45, 2.75) is 59.3 Å². The lowest BCUT2D eigenvalue weighted by Gasteiger charge is -2.53. The summed E-state index contributed by atoms with van der Waals surface area (Å²) in [6.45, 7) is 11.7. The van der Waals surface area contributed by atoms with Crippen molar-refractivity contribution in [3.8, 4) is 0 Å². The molecule has 2 aliphatic rings. The lowest BCUT2D eigenvalue weighted by Crippen LogP contribution is -2.44. The molecular formula is C15H26. The fraction of sp³-hybridized carbons (Fsp3) is 0.867. The molecule has 0 saturated heterocycles. The molecule has 0 N–H and O–H groups in total. The van der Waals surface area contributed by atoms with E-state index >= 15 is 0 Å². The summed E-state index contributed by atoms with van der Waals surface area (Å²) in [6.07, 6.45) is 8.37. The summed E-state index contributed by atoms with van der Waals surface area (Å²) in [6, 6.07) is 0. The second-order valence-corrected chi connectivity index (χ2v) is 6.64. The fourth-order valence-electron chi connectivity index (χ4n) is 3.74. The molecule has 0 aromatic rings. The Hall–Kier alpha value is -0.260. The molecule has 0 amide bonds. The zero-order chi connectivity index (χ0) is 11.1. The number of fused-ring (bicyclic) bond motifs is 1. The number of rotatable bonds is 0. The van der Waals surface area contributed by atoms with Crippen molar-refractivity contribution >= 4 is 0 Å². The van der Waals surface area contributed by atoms with Gasteiger partial charge in [-0.3, -0.25) is 0 Å². The molecule has 86 valence electrons. The van der Waals surface area contributed by atoms with Gasteiger partial charge >= 0.3 is 0 Å². The molecule has 0 heteroatoms. The van der Waals surface area contributed by atoms with Gasteiger partial charge in [0.15, 0.2) is 0 Å². The molecule has 0 bridgehead atoms. The van der Waals surface area contributed by atoms with Gasteiger partial charge in [-0.25, -0.2) is 0 Å². The molecule has 2 fully saturated rings. The average molecular weight is 206 g/mol. The minimum atomic E-state index is 0.595. The summed E-state index contributed by atoms with van der Waals surface area (Å²) in [4.78, 5) is 0. The van der Waals surface area contributed by atoms with Crippen LogP contribution in [0, 0.1) is 23.2 Å². The maximum atomic E-state index is 4.33. The molecule has 0 radical (unpaired) electrons. The van der Waals surface area contributed by atoms with E-state index in [0.717, 1.165) is 17.8 Å². The van der Waals surface area contributed by atoms with Gasteiger partial charge in [-0.1, -0.05) is 45.8 Å². The van der Waals surface area contributed by atoms with Crippen molar-refractivity contribution in [3.63, 3.8) is 0 Å². The predicted octanol–water partition coefficient (Wildman–Crippen LogP) is 4.81. The topological polar surface area (TPSA) is 0 Å². The van der Waals surface area contributed by atoms with Crippen LogP contribution < -0.4 is 0 Å². The SMILES string of the molecule is C=C1CCC[C@@H](C)CC[C@@H]2[C@@H]1CC2(C)C. The maximum absolute atomic E-state index is 4.33. The van der Waals surface area contributed by atoms with Crippen molar-refractivity contribution in [1.82, 2.24) is 0 Å². The molecule has 0 aromatic carbocycles. The first-order valence-electron chi connectivity index (χ1n) is 6.68. The minimum absolute atomic E-state index is 0.595. The first kappa shape index (κ1) is 11.2. The molecule has 3 atom stereocenters. The Labute approximate surface area is 95.1 Å². The van der Waals surface area contributed by atoms with Gasteiger partial charge in [-0.05, 0) is 48.9 Å². The van der Waals surface area contributed by atoms with E-state index in [2.05, 4.69) is 27.4 Å². The molecule has 2 rings (SSSR count). The van der Waals surface area contributed by atoms with Crippen LogP contribution in [-0.4, -0.2) is 0 Å². The molecule has 2 saturated carbocycles. The van der Waals surface area contributed by atoms with Gasteiger partial charge in [0, 0.05) is 0 Å². The Balaban J connectivity index is 2.06. The van der Waals surface area contributed by atoms with E-state index in [-0.39, 0.29) is 0 Å². The van der Waals surface area contributed by atoms with E-state index in [0.29, 0.717) is 5.41 Å². The molecule has 0 heterocycles. The Morgan fingerprint density at radius 3 is 2.60 bits per heavy atom. The van der Waals surface area contributed by atoms with Crippen LogP contribution in [0.1, 0.15) is 59.3 Å². The highest BCUT2D eigenvalue weighted by molar-refractivity contribution is 5.13. The van der Waals surface area contributed by atoms with Crippen molar-refractivity contribution in [3.05, 3.63) is 12.2 Å². The predicted molar refractivity (Wildman–Crippen MR) is 66.8 cm³/mol. The van der Waals surface area contributed by atoms with E-state index in [4.69, 9.17) is 0 Å². The van der Waals surface area contributed by atoms with Crippen molar-refractivity contribution in [1.29, 1.82) is 0 Å². The van der Waals surface area contributed by atoms with Gasteiger partial charge in [0.2, 0.25) is 0 Å². The average Bonchev–Trinajstić information content (AvgIpc) is 2.18. The largest absolute Gasteiger partial charge is 0.0996 e. The second-order valence-electron chi connectivity index (χ2n) is 6.64. The van der Waals surface area contributed by atoms with Crippen LogP contribution in [0.25, 0.3) is 0 Å². The lowest BCUT2D eigenvalue weighted by molar-refractivity contribution is 0.000898. The zero-order valence-electron chi connectivity index (χ0n) is 10.7. The van der Waals surface area contributed by atoms with Gasteiger partial charge in [-0.15, -0.1) is 0 Å². The van der Waals surface area contributed by atoms with Gasteiger partial charge in [0.1, 0.15) is 0 Å². The summed E-state index contributed by atoms with van der Waals surface area (Å²) in [5.74, 6) is 2.74. The molecule has 2 aliphatic carbocycles. The number of hydrogen-bond donors (Lipinski definition) is 0. The van der Waals surface area contributed by atoms with Crippen LogP contribution in [0.3, 0.4) is 0 Å². The van der Waals surface area contributed by atoms with Gasteiger partial charge in [-0.2, -0.15) is 0 Å². The van der Waals surface area contributed by atoms with E-state index in [9.17, 15) is 0 Å². The van der Waals surface area contributed by atoms with Gasteiger partial charge in [0.05, 0.1) is 0 Å². The molecule has 0 aliphatic heterocycles. The normalized spacial score (nSPS) is 40.7. The van der Waals surface area contributed by atoms with Crippen LogP contribution in [0.2, 0.25) is 0 Å². The summed E-state index contributed by atoms with van der Waals surface area (Å²) < 4.78 is 0. The molecule has 0 spiro atoms. The van der Waals surface area contributed by atoms with Gasteiger partial charge in [0.25, 0.3) is 0 Å². The summed E-state index contributed by atoms with van der Waals surface area (Å²) in [5, 5.41) is 0. The van der Waals surface area contributed by atoms with Crippen LogP contribution in [-0.2, 0) is 0 Å². The molecule has 0 unspecified atom stereocenters. The van der Waals surface area contributed by atoms with E-state index in [1.54, 1.807) is 5.57 Å². The van der Waals surface area contributed by atoms with Crippen LogP contribution >= 0.6 is 0 Å². The fourth-order valence-corrected chi connectivity index (χ4v) is 3.74. The molecule has 0 nitrogen and oxygen atoms in total. The minimum Gasteiger partial charge on any atom is -0.0996 e. The van der Waals surface area contributed by atoms with Crippen LogP contribution in [0.4, 0.5) is 0 Å². The van der Waals surface area contributed by atoms with Crippen molar-refractivity contribution in [2.24, 2.45) is 23.2 Å². The van der Waals surface area contributed by atoms with Crippen molar-refractivity contribution < 1.29 is 0 Å². The molecule has 0 aromatic heterocycles. The monoisotopic (exact) mass is 206 g/mol. The third kappa shape index (κ3) is 2.14. The first-order chi connectivity index (χ1) is 7.00. The lowest BCUT2D eigenvalue weighted by atomic mass is 9.52. The molecular weight excluding hydrogens is 180 g/mol. The third-order valence-corrected chi connectivity index (χ3v) is 4.93. The van der Waals surface area contributed by atoms with E-state index < -0.39 is 0 Å². The highest BCUT2D eigenvalue weighted by Crippen LogP contribution is 2.56. The maximum Gasteiger partial charge on any atom is -0.0167 e. The second kappa shape index (κ2) is 3.96. The zero-order valence-corrected chi connectivity index (χ0v) is 10.7. The molecule has 15 heavy (non-hydrogen) atoms. The van der Waals surface area contributed by atoms with E-state index in [1.807, 2.05) is 0 Å². The Morgan fingerprint density at radius 2 is 1.93 bits per heavy atom. The number of allylic oxidation sites excluding steroid dienone is 1.